The van der Waals surface area contributed by atoms with Crippen molar-refractivity contribution in [1.29, 1.82) is 0 Å². The van der Waals surface area contributed by atoms with Gasteiger partial charge in [0.25, 0.3) is 5.91 Å². The van der Waals surface area contributed by atoms with Crippen molar-refractivity contribution in [3.8, 4) is 5.75 Å². The highest BCUT2D eigenvalue weighted by molar-refractivity contribution is 5.94. The summed E-state index contributed by atoms with van der Waals surface area (Å²) in [6.45, 7) is 7.55. The van der Waals surface area contributed by atoms with Crippen molar-refractivity contribution in [2.24, 2.45) is 0 Å². The number of hydrogen-bond acceptors (Lipinski definition) is 3. The minimum absolute atomic E-state index is 0.0769. The third-order valence-electron chi connectivity index (χ3n) is 3.12. The Morgan fingerprint density at radius 3 is 2.80 bits per heavy atom. The maximum absolute atomic E-state index is 12.0. The van der Waals surface area contributed by atoms with Gasteiger partial charge in [0.1, 0.15) is 12.4 Å². The zero-order valence-electron chi connectivity index (χ0n) is 11.9. The van der Waals surface area contributed by atoms with Gasteiger partial charge in [0.15, 0.2) is 0 Å². The quantitative estimate of drug-likeness (QED) is 0.812. The molecule has 1 atom stereocenters. The van der Waals surface area contributed by atoms with E-state index in [0.717, 1.165) is 30.8 Å². The lowest BCUT2D eigenvalue weighted by atomic mass is 10.2. The van der Waals surface area contributed by atoms with E-state index in [4.69, 9.17) is 9.47 Å². The average molecular weight is 275 g/mol. The Balaban J connectivity index is 1.81. The van der Waals surface area contributed by atoms with Crippen LogP contribution in [0.4, 0.5) is 0 Å². The molecule has 1 aliphatic heterocycles. The van der Waals surface area contributed by atoms with Crippen LogP contribution >= 0.6 is 0 Å². The largest absolute Gasteiger partial charge is 0.489 e. The van der Waals surface area contributed by atoms with E-state index in [1.807, 2.05) is 6.92 Å². The lowest BCUT2D eigenvalue weighted by Crippen LogP contribution is -2.31. The summed E-state index contributed by atoms with van der Waals surface area (Å²) in [5, 5.41) is 2.89. The summed E-state index contributed by atoms with van der Waals surface area (Å²) in [6, 6.07) is 7.12. The highest BCUT2D eigenvalue weighted by Gasteiger charge is 2.16. The molecule has 0 aromatic heterocycles. The van der Waals surface area contributed by atoms with Crippen LogP contribution in [-0.4, -0.2) is 31.8 Å². The molecule has 2 rings (SSSR count). The number of hydrogen-bond donors (Lipinski definition) is 1. The summed E-state index contributed by atoms with van der Waals surface area (Å²) in [5.74, 6) is 0.663. The number of benzene rings is 1. The van der Waals surface area contributed by atoms with Gasteiger partial charge in [0, 0.05) is 18.7 Å². The van der Waals surface area contributed by atoms with E-state index in [2.05, 4.69) is 11.9 Å². The molecule has 4 heteroatoms. The summed E-state index contributed by atoms with van der Waals surface area (Å²) < 4.78 is 11.0. The van der Waals surface area contributed by atoms with Gasteiger partial charge in [-0.15, -0.1) is 0 Å². The second-order valence-corrected chi connectivity index (χ2v) is 5.12. The molecule has 1 N–H and O–H groups in total. The van der Waals surface area contributed by atoms with Gasteiger partial charge < -0.3 is 14.8 Å². The summed E-state index contributed by atoms with van der Waals surface area (Å²) in [4.78, 5) is 12.0. The summed E-state index contributed by atoms with van der Waals surface area (Å²) in [5.41, 5.74) is 1.59. The molecule has 1 saturated heterocycles. The maximum atomic E-state index is 12.0. The van der Waals surface area contributed by atoms with Crippen LogP contribution in [0.25, 0.3) is 0 Å². The maximum Gasteiger partial charge on any atom is 0.251 e. The van der Waals surface area contributed by atoms with E-state index in [0.29, 0.717) is 18.7 Å². The highest BCUT2D eigenvalue weighted by atomic mass is 16.5. The Morgan fingerprint density at radius 2 is 2.20 bits per heavy atom. The highest BCUT2D eigenvalue weighted by Crippen LogP contribution is 2.14. The SMILES string of the molecule is C=C(C)COc1ccc(C(=O)NC[C@H]2CCCO2)cc1. The minimum atomic E-state index is -0.0769. The molecule has 0 saturated carbocycles. The number of amides is 1. The topological polar surface area (TPSA) is 47.6 Å². The van der Waals surface area contributed by atoms with Crippen molar-refractivity contribution >= 4 is 5.91 Å². The van der Waals surface area contributed by atoms with Crippen molar-refractivity contribution in [2.75, 3.05) is 19.8 Å². The predicted octanol–water partition coefficient (Wildman–Crippen LogP) is 2.55. The van der Waals surface area contributed by atoms with Crippen LogP contribution in [0.2, 0.25) is 0 Å². The molecule has 0 bridgehead atoms. The molecule has 108 valence electrons. The van der Waals surface area contributed by atoms with Crippen molar-refractivity contribution in [1.82, 2.24) is 5.32 Å². The Labute approximate surface area is 119 Å². The first-order chi connectivity index (χ1) is 9.65. The van der Waals surface area contributed by atoms with E-state index in [9.17, 15) is 4.79 Å². The van der Waals surface area contributed by atoms with E-state index in [-0.39, 0.29) is 12.0 Å². The molecule has 1 heterocycles. The van der Waals surface area contributed by atoms with Gasteiger partial charge in [-0.25, -0.2) is 0 Å². The zero-order chi connectivity index (χ0) is 14.4. The predicted molar refractivity (Wildman–Crippen MR) is 78.1 cm³/mol. The molecule has 0 spiro atoms. The Kier molecular flexibility index (Phi) is 5.18. The van der Waals surface area contributed by atoms with E-state index >= 15 is 0 Å². The average Bonchev–Trinajstić information content (AvgIpc) is 2.96. The molecular weight excluding hydrogens is 254 g/mol. The standard InChI is InChI=1S/C16H21NO3/c1-12(2)11-20-14-7-5-13(6-8-14)16(18)17-10-15-4-3-9-19-15/h5-8,15H,1,3-4,9-11H2,2H3,(H,17,18)/t15-/m1/s1. The fourth-order valence-corrected chi connectivity index (χ4v) is 2.02. The number of rotatable bonds is 6. The van der Waals surface area contributed by atoms with Gasteiger partial charge in [-0.2, -0.15) is 0 Å². The smallest absolute Gasteiger partial charge is 0.251 e. The van der Waals surface area contributed by atoms with E-state index < -0.39 is 0 Å². The molecule has 0 radical (unpaired) electrons. The second-order valence-electron chi connectivity index (χ2n) is 5.12. The van der Waals surface area contributed by atoms with Crippen molar-refractivity contribution in [2.45, 2.75) is 25.9 Å². The number of carbonyl (C=O) groups excluding carboxylic acids is 1. The number of carbonyl (C=O) groups is 1. The number of ether oxygens (including phenoxy) is 2. The molecule has 4 nitrogen and oxygen atoms in total. The molecule has 1 fully saturated rings. The zero-order valence-corrected chi connectivity index (χ0v) is 11.9. The van der Waals surface area contributed by atoms with E-state index in [1.54, 1.807) is 24.3 Å². The van der Waals surface area contributed by atoms with Gasteiger partial charge in [0.05, 0.1) is 6.10 Å². The Morgan fingerprint density at radius 1 is 1.45 bits per heavy atom. The third-order valence-corrected chi connectivity index (χ3v) is 3.12. The summed E-state index contributed by atoms with van der Waals surface area (Å²) in [6.07, 6.45) is 2.26. The molecule has 0 aliphatic carbocycles. The van der Waals surface area contributed by atoms with Crippen LogP contribution < -0.4 is 10.1 Å². The van der Waals surface area contributed by atoms with Gasteiger partial charge in [-0.05, 0) is 49.6 Å². The summed E-state index contributed by atoms with van der Waals surface area (Å²) in [7, 11) is 0. The van der Waals surface area contributed by atoms with Crippen LogP contribution in [0, 0.1) is 0 Å². The molecule has 0 unspecified atom stereocenters. The van der Waals surface area contributed by atoms with Crippen LogP contribution in [0.1, 0.15) is 30.1 Å². The van der Waals surface area contributed by atoms with Gasteiger partial charge in [-0.3, -0.25) is 4.79 Å². The molecule has 1 aromatic rings. The van der Waals surface area contributed by atoms with Crippen LogP contribution in [0.15, 0.2) is 36.4 Å². The van der Waals surface area contributed by atoms with Crippen molar-refractivity contribution < 1.29 is 14.3 Å². The lowest BCUT2D eigenvalue weighted by molar-refractivity contribution is 0.0858. The fourth-order valence-electron chi connectivity index (χ4n) is 2.02. The van der Waals surface area contributed by atoms with Crippen LogP contribution in [0.3, 0.4) is 0 Å². The normalized spacial score (nSPS) is 17.8. The van der Waals surface area contributed by atoms with Gasteiger partial charge in [0.2, 0.25) is 0 Å². The molecule has 1 aliphatic rings. The third kappa shape index (κ3) is 4.38. The van der Waals surface area contributed by atoms with Crippen molar-refractivity contribution in [3.05, 3.63) is 42.0 Å². The fraction of sp³-hybridized carbons (Fsp3) is 0.438. The van der Waals surface area contributed by atoms with Gasteiger partial charge >= 0.3 is 0 Å². The first-order valence-corrected chi connectivity index (χ1v) is 6.92. The van der Waals surface area contributed by atoms with Crippen molar-refractivity contribution in [3.63, 3.8) is 0 Å². The lowest BCUT2D eigenvalue weighted by Gasteiger charge is -2.11. The number of nitrogens with one attached hydrogen (secondary N) is 1. The van der Waals surface area contributed by atoms with Crippen LogP contribution in [-0.2, 0) is 4.74 Å². The minimum Gasteiger partial charge on any atom is -0.489 e. The first kappa shape index (κ1) is 14.6. The molecule has 20 heavy (non-hydrogen) atoms. The first-order valence-electron chi connectivity index (χ1n) is 6.92. The van der Waals surface area contributed by atoms with Gasteiger partial charge in [-0.1, -0.05) is 6.58 Å². The monoisotopic (exact) mass is 275 g/mol. The molecule has 1 aromatic carbocycles. The second kappa shape index (κ2) is 7.10. The van der Waals surface area contributed by atoms with Crippen LogP contribution in [0.5, 0.6) is 5.75 Å². The molecular formula is C16H21NO3. The molecule has 1 amide bonds. The summed E-state index contributed by atoms with van der Waals surface area (Å²) >= 11 is 0. The Hall–Kier alpha value is -1.81. The Bertz CT molecular complexity index is 461. The van der Waals surface area contributed by atoms with E-state index in [1.165, 1.54) is 0 Å².